The van der Waals surface area contributed by atoms with E-state index in [1.807, 2.05) is 61.5 Å². The Bertz CT molecular complexity index is 510. The molecule has 0 radical (unpaired) electrons. The average molecular weight is 258 g/mol. The second kappa shape index (κ2) is 6.25. The van der Waals surface area contributed by atoms with Crippen molar-refractivity contribution in [2.75, 3.05) is 7.11 Å². The fraction of sp³-hybridized carbons (Fsp3) is 0.250. The van der Waals surface area contributed by atoms with Gasteiger partial charge in [0.05, 0.1) is 7.11 Å². The van der Waals surface area contributed by atoms with E-state index >= 15 is 0 Å². The molecule has 100 valence electrons. The Kier molecular flexibility index (Phi) is 4.42. The van der Waals surface area contributed by atoms with Gasteiger partial charge < -0.3 is 14.6 Å². The van der Waals surface area contributed by atoms with Gasteiger partial charge in [0, 0.05) is 0 Å². The first-order chi connectivity index (χ1) is 9.22. The van der Waals surface area contributed by atoms with Crippen LogP contribution in [0, 0.1) is 0 Å². The lowest BCUT2D eigenvalue weighted by atomic mass is 10.1. The second-order valence-electron chi connectivity index (χ2n) is 4.33. The van der Waals surface area contributed by atoms with Crippen molar-refractivity contribution in [3.63, 3.8) is 0 Å². The predicted octanol–water partition coefficient (Wildman–Crippen LogP) is 3.20. The van der Waals surface area contributed by atoms with E-state index in [9.17, 15) is 5.11 Å². The molecule has 0 aliphatic carbocycles. The van der Waals surface area contributed by atoms with Crippen LogP contribution in [0.3, 0.4) is 0 Å². The largest absolute Gasteiger partial charge is 0.493 e. The van der Waals surface area contributed by atoms with Gasteiger partial charge in [-0.25, -0.2) is 0 Å². The van der Waals surface area contributed by atoms with Crippen LogP contribution in [-0.2, 0) is 0 Å². The Labute approximate surface area is 113 Å². The van der Waals surface area contributed by atoms with Gasteiger partial charge in [0.2, 0.25) is 0 Å². The molecule has 0 saturated heterocycles. The first-order valence-corrected chi connectivity index (χ1v) is 6.25. The van der Waals surface area contributed by atoms with Gasteiger partial charge in [0.15, 0.2) is 11.5 Å². The van der Waals surface area contributed by atoms with Gasteiger partial charge in [-0.1, -0.05) is 42.5 Å². The molecule has 0 aliphatic rings. The number of rotatable bonds is 5. The number of aliphatic hydroxyl groups is 1. The molecule has 19 heavy (non-hydrogen) atoms. The first kappa shape index (κ1) is 13.4. The van der Waals surface area contributed by atoms with Gasteiger partial charge in [-0.05, 0) is 24.6 Å². The van der Waals surface area contributed by atoms with Crippen LogP contribution in [0.5, 0.6) is 11.5 Å². The molecule has 3 nitrogen and oxygen atoms in total. The van der Waals surface area contributed by atoms with Gasteiger partial charge in [-0.15, -0.1) is 0 Å². The van der Waals surface area contributed by atoms with Crippen molar-refractivity contribution in [1.82, 2.24) is 0 Å². The number of ether oxygens (including phenoxy) is 2. The molecule has 2 atom stereocenters. The molecule has 0 fully saturated rings. The summed E-state index contributed by atoms with van der Waals surface area (Å²) < 4.78 is 11.0. The maximum atomic E-state index is 10.2. The van der Waals surface area contributed by atoms with Gasteiger partial charge in [0.25, 0.3) is 0 Å². The molecule has 2 aromatic carbocycles. The molecule has 0 aliphatic heterocycles. The number of aliphatic hydroxyl groups excluding tert-OH is 1. The standard InChI is InChI=1S/C16H18O3/c1-12(16(17)13-8-4-3-5-9-13)19-15-11-7-6-10-14(15)18-2/h3-12,16-17H,1-2H3. The van der Waals surface area contributed by atoms with Crippen LogP contribution < -0.4 is 9.47 Å². The zero-order valence-electron chi connectivity index (χ0n) is 11.1. The summed E-state index contributed by atoms with van der Waals surface area (Å²) in [4.78, 5) is 0. The monoisotopic (exact) mass is 258 g/mol. The fourth-order valence-corrected chi connectivity index (χ4v) is 1.90. The van der Waals surface area contributed by atoms with Gasteiger partial charge >= 0.3 is 0 Å². The molecule has 0 heterocycles. The van der Waals surface area contributed by atoms with Gasteiger partial charge in [-0.3, -0.25) is 0 Å². The Morgan fingerprint density at radius 1 is 0.895 bits per heavy atom. The molecule has 0 saturated carbocycles. The third-order valence-electron chi connectivity index (χ3n) is 2.97. The average Bonchev–Trinajstić information content (AvgIpc) is 2.48. The molecular formula is C16H18O3. The number of hydrogen-bond donors (Lipinski definition) is 1. The highest BCUT2D eigenvalue weighted by Gasteiger charge is 2.19. The van der Waals surface area contributed by atoms with Crippen molar-refractivity contribution in [1.29, 1.82) is 0 Å². The molecular weight excluding hydrogens is 240 g/mol. The highest BCUT2D eigenvalue weighted by molar-refractivity contribution is 5.39. The van der Waals surface area contributed by atoms with E-state index in [1.165, 1.54) is 0 Å². The summed E-state index contributed by atoms with van der Waals surface area (Å²) in [6.45, 7) is 1.84. The highest BCUT2D eigenvalue weighted by Crippen LogP contribution is 2.29. The Hall–Kier alpha value is -2.00. The predicted molar refractivity (Wildman–Crippen MR) is 74.5 cm³/mol. The van der Waals surface area contributed by atoms with Gasteiger partial charge in [-0.2, -0.15) is 0 Å². The van der Waals surface area contributed by atoms with Crippen LogP contribution in [0.2, 0.25) is 0 Å². The molecule has 2 aromatic rings. The van der Waals surface area contributed by atoms with E-state index in [0.717, 1.165) is 5.56 Å². The van der Waals surface area contributed by atoms with Crippen molar-refractivity contribution in [2.24, 2.45) is 0 Å². The van der Waals surface area contributed by atoms with Gasteiger partial charge in [0.1, 0.15) is 12.2 Å². The summed E-state index contributed by atoms with van der Waals surface area (Å²) in [5.41, 5.74) is 0.838. The third kappa shape index (κ3) is 3.26. The van der Waals surface area contributed by atoms with Crippen LogP contribution in [0.1, 0.15) is 18.6 Å². The lowest BCUT2D eigenvalue weighted by Gasteiger charge is -2.21. The zero-order valence-corrected chi connectivity index (χ0v) is 11.1. The van der Waals surface area contributed by atoms with Crippen molar-refractivity contribution in [3.05, 3.63) is 60.2 Å². The molecule has 1 N–H and O–H groups in total. The van der Waals surface area contributed by atoms with Crippen LogP contribution in [0.25, 0.3) is 0 Å². The lowest BCUT2D eigenvalue weighted by Crippen LogP contribution is -2.21. The minimum atomic E-state index is -0.675. The van der Waals surface area contributed by atoms with E-state index in [0.29, 0.717) is 11.5 Å². The van der Waals surface area contributed by atoms with Crippen molar-refractivity contribution < 1.29 is 14.6 Å². The molecule has 2 rings (SSSR count). The van der Waals surface area contributed by atoms with Crippen molar-refractivity contribution in [3.8, 4) is 11.5 Å². The molecule has 3 heteroatoms. The maximum Gasteiger partial charge on any atom is 0.161 e. The van der Waals surface area contributed by atoms with Crippen LogP contribution in [-0.4, -0.2) is 18.3 Å². The van der Waals surface area contributed by atoms with Crippen molar-refractivity contribution >= 4 is 0 Å². The Morgan fingerprint density at radius 3 is 2.11 bits per heavy atom. The maximum absolute atomic E-state index is 10.2. The SMILES string of the molecule is COc1ccccc1OC(C)C(O)c1ccccc1. The summed E-state index contributed by atoms with van der Waals surface area (Å²) in [5.74, 6) is 1.29. The first-order valence-electron chi connectivity index (χ1n) is 6.25. The summed E-state index contributed by atoms with van der Waals surface area (Å²) >= 11 is 0. The summed E-state index contributed by atoms with van der Waals surface area (Å²) in [6.07, 6.45) is -1.04. The number of hydrogen-bond acceptors (Lipinski definition) is 3. The lowest BCUT2D eigenvalue weighted by molar-refractivity contribution is 0.0451. The summed E-state index contributed by atoms with van der Waals surface area (Å²) in [6, 6.07) is 16.9. The minimum Gasteiger partial charge on any atom is -0.493 e. The van der Waals surface area contributed by atoms with E-state index in [2.05, 4.69) is 0 Å². The Morgan fingerprint density at radius 2 is 1.47 bits per heavy atom. The second-order valence-corrected chi connectivity index (χ2v) is 4.33. The van der Waals surface area contributed by atoms with E-state index < -0.39 is 6.10 Å². The van der Waals surface area contributed by atoms with E-state index in [1.54, 1.807) is 7.11 Å². The fourth-order valence-electron chi connectivity index (χ4n) is 1.90. The molecule has 0 amide bonds. The number of methoxy groups -OCH3 is 1. The third-order valence-corrected chi connectivity index (χ3v) is 2.97. The molecule has 0 spiro atoms. The van der Waals surface area contributed by atoms with E-state index in [-0.39, 0.29) is 6.10 Å². The van der Waals surface area contributed by atoms with Crippen LogP contribution >= 0.6 is 0 Å². The molecule has 0 aromatic heterocycles. The zero-order chi connectivity index (χ0) is 13.7. The molecule has 2 unspecified atom stereocenters. The Balaban J connectivity index is 2.10. The number of benzene rings is 2. The number of para-hydroxylation sites is 2. The van der Waals surface area contributed by atoms with E-state index in [4.69, 9.17) is 9.47 Å². The minimum absolute atomic E-state index is 0.362. The normalized spacial score (nSPS) is 13.6. The summed E-state index contributed by atoms with van der Waals surface area (Å²) in [5, 5.41) is 10.2. The topological polar surface area (TPSA) is 38.7 Å². The highest BCUT2D eigenvalue weighted by atomic mass is 16.5. The smallest absolute Gasteiger partial charge is 0.161 e. The quantitative estimate of drug-likeness (QED) is 0.895. The van der Waals surface area contributed by atoms with Crippen LogP contribution in [0.15, 0.2) is 54.6 Å². The molecule has 0 bridgehead atoms. The summed E-state index contributed by atoms with van der Waals surface area (Å²) in [7, 11) is 1.60. The van der Waals surface area contributed by atoms with Crippen molar-refractivity contribution in [2.45, 2.75) is 19.1 Å². The van der Waals surface area contributed by atoms with Crippen LogP contribution in [0.4, 0.5) is 0 Å².